The van der Waals surface area contributed by atoms with Gasteiger partial charge in [-0.05, 0) is 92.6 Å². The molecule has 1 aliphatic heterocycles. The van der Waals surface area contributed by atoms with E-state index in [0.717, 1.165) is 34.2 Å². The summed E-state index contributed by atoms with van der Waals surface area (Å²) in [4.78, 5) is 39.4. The van der Waals surface area contributed by atoms with Gasteiger partial charge in [0, 0.05) is 5.69 Å². The zero-order valence-electron chi connectivity index (χ0n) is 23.0. The molecule has 1 aliphatic rings. The molecule has 0 saturated carbocycles. The van der Waals surface area contributed by atoms with E-state index < -0.39 is 0 Å². The number of hydrogen-bond donors (Lipinski definition) is 1. The van der Waals surface area contributed by atoms with Crippen molar-refractivity contribution in [3.63, 3.8) is 0 Å². The van der Waals surface area contributed by atoms with Crippen molar-refractivity contribution in [1.82, 2.24) is 4.90 Å². The third-order valence-electron chi connectivity index (χ3n) is 6.05. The number of nitrogens with one attached hydrogen (secondary N) is 1. The Morgan fingerprint density at radius 1 is 0.875 bits per heavy atom. The lowest BCUT2D eigenvalue weighted by atomic mass is 10.1. The van der Waals surface area contributed by atoms with Crippen LogP contribution in [0.1, 0.15) is 29.2 Å². The third kappa shape index (κ3) is 7.45. The number of imide groups is 1. The maximum atomic E-state index is 13.0. The number of thioether (sulfide) groups is 1. The summed E-state index contributed by atoms with van der Waals surface area (Å²) in [6.45, 7) is 8.28. The Balaban J connectivity index is 1.38. The van der Waals surface area contributed by atoms with Crippen molar-refractivity contribution in [1.29, 1.82) is 0 Å². The van der Waals surface area contributed by atoms with Crippen LogP contribution in [0.4, 0.5) is 10.5 Å². The molecule has 1 fully saturated rings. The molecule has 3 aromatic carbocycles. The lowest BCUT2D eigenvalue weighted by Gasteiger charge is -2.15. The minimum atomic E-state index is -0.370. The van der Waals surface area contributed by atoms with E-state index in [9.17, 15) is 14.4 Å². The highest BCUT2D eigenvalue weighted by Crippen LogP contribution is 2.34. The Labute approximate surface area is 238 Å². The number of benzene rings is 3. The van der Waals surface area contributed by atoms with Crippen molar-refractivity contribution >= 4 is 40.6 Å². The van der Waals surface area contributed by atoms with E-state index in [4.69, 9.17) is 14.2 Å². The third-order valence-corrected chi connectivity index (χ3v) is 6.96. The van der Waals surface area contributed by atoms with E-state index in [-0.39, 0.29) is 36.8 Å². The van der Waals surface area contributed by atoms with Crippen LogP contribution >= 0.6 is 11.8 Å². The summed E-state index contributed by atoms with van der Waals surface area (Å²) in [5.74, 6) is 0.896. The highest BCUT2D eigenvalue weighted by atomic mass is 32.2. The van der Waals surface area contributed by atoms with Gasteiger partial charge in [0.25, 0.3) is 17.1 Å². The zero-order valence-corrected chi connectivity index (χ0v) is 23.8. The van der Waals surface area contributed by atoms with Crippen molar-refractivity contribution < 1.29 is 28.6 Å². The first kappa shape index (κ1) is 28.8. The van der Waals surface area contributed by atoms with Crippen LogP contribution in [0.15, 0.2) is 65.6 Å². The second-order valence-corrected chi connectivity index (χ2v) is 10.3. The normalized spacial score (nSPS) is 14.0. The summed E-state index contributed by atoms with van der Waals surface area (Å²) in [6.07, 6.45) is 1.65. The SMILES string of the molecule is CCOc1cc(/C=C2\SC(=O)N(CCOc3cc(C)ccc3C)C2=O)ccc1OCC(=O)Nc1ccc(C)cc1. The van der Waals surface area contributed by atoms with Crippen LogP contribution in [0.5, 0.6) is 17.2 Å². The fourth-order valence-corrected chi connectivity index (χ4v) is 4.80. The summed E-state index contributed by atoms with van der Waals surface area (Å²) in [6, 6.07) is 18.5. The average Bonchev–Trinajstić information content (AvgIpc) is 3.19. The molecule has 0 aliphatic carbocycles. The lowest BCUT2D eigenvalue weighted by Crippen LogP contribution is -2.32. The van der Waals surface area contributed by atoms with E-state index in [2.05, 4.69) is 5.32 Å². The van der Waals surface area contributed by atoms with Gasteiger partial charge in [-0.3, -0.25) is 19.3 Å². The molecule has 9 heteroatoms. The molecule has 208 valence electrons. The van der Waals surface area contributed by atoms with Gasteiger partial charge in [-0.15, -0.1) is 0 Å². The predicted molar refractivity (Wildman–Crippen MR) is 157 cm³/mol. The van der Waals surface area contributed by atoms with Gasteiger partial charge in [-0.2, -0.15) is 0 Å². The highest BCUT2D eigenvalue weighted by molar-refractivity contribution is 8.18. The average molecular weight is 561 g/mol. The molecule has 0 unspecified atom stereocenters. The zero-order chi connectivity index (χ0) is 28.6. The van der Waals surface area contributed by atoms with Crippen molar-refractivity contribution in [2.75, 3.05) is 31.7 Å². The Hall–Kier alpha value is -4.24. The van der Waals surface area contributed by atoms with Crippen molar-refractivity contribution in [3.8, 4) is 17.2 Å². The molecule has 1 N–H and O–H groups in total. The summed E-state index contributed by atoms with van der Waals surface area (Å²) in [7, 11) is 0. The molecule has 0 aromatic heterocycles. The van der Waals surface area contributed by atoms with Gasteiger partial charge in [-0.25, -0.2) is 0 Å². The minimum absolute atomic E-state index is 0.150. The number of rotatable bonds is 11. The lowest BCUT2D eigenvalue weighted by molar-refractivity contribution is -0.123. The van der Waals surface area contributed by atoms with E-state index in [0.29, 0.717) is 34.3 Å². The van der Waals surface area contributed by atoms with Gasteiger partial charge in [0.15, 0.2) is 18.1 Å². The number of carbonyl (C=O) groups is 3. The quantitative estimate of drug-likeness (QED) is 0.281. The number of hydrogen-bond acceptors (Lipinski definition) is 7. The molecule has 0 atom stereocenters. The molecule has 0 spiro atoms. The summed E-state index contributed by atoms with van der Waals surface area (Å²) in [5, 5.41) is 2.45. The molecule has 1 saturated heterocycles. The molecule has 40 heavy (non-hydrogen) atoms. The van der Waals surface area contributed by atoms with Crippen LogP contribution in [-0.2, 0) is 9.59 Å². The van der Waals surface area contributed by atoms with Crippen LogP contribution in [0.25, 0.3) is 6.08 Å². The van der Waals surface area contributed by atoms with Gasteiger partial charge in [0.2, 0.25) is 0 Å². The Kier molecular flexibility index (Phi) is 9.50. The number of amides is 3. The second-order valence-electron chi connectivity index (χ2n) is 9.29. The summed E-state index contributed by atoms with van der Waals surface area (Å²) < 4.78 is 17.3. The molecule has 0 bridgehead atoms. The Morgan fingerprint density at radius 2 is 1.62 bits per heavy atom. The minimum Gasteiger partial charge on any atom is -0.491 e. The summed E-state index contributed by atoms with van der Waals surface area (Å²) >= 11 is 0.886. The predicted octanol–water partition coefficient (Wildman–Crippen LogP) is 6.14. The smallest absolute Gasteiger partial charge is 0.293 e. The monoisotopic (exact) mass is 560 g/mol. The summed E-state index contributed by atoms with van der Waals surface area (Å²) in [5.41, 5.74) is 4.51. The van der Waals surface area contributed by atoms with E-state index >= 15 is 0 Å². The molecule has 3 aromatic rings. The van der Waals surface area contributed by atoms with Crippen LogP contribution in [-0.4, -0.2) is 48.3 Å². The Morgan fingerprint density at radius 3 is 2.38 bits per heavy atom. The number of anilines is 1. The topological polar surface area (TPSA) is 94.2 Å². The molecule has 3 amide bonds. The first-order chi connectivity index (χ1) is 19.2. The maximum absolute atomic E-state index is 13.0. The van der Waals surface area contributed by atoms with E-state index in [1.807, 2.05) is 70.2 Å². The van der Waals surface area contributed by atoms with Crippen LogP contribution in [0.2, 0.25) is 0 Å². The standard InChI is InChI=1S/C31H32N2O6S/c1-5-37-27-17-23(10-13-25(27)39-19-29(34)32-24-11-7-20(2)8-12-24)18-28-30(35)33(31(36)40-28)14-15-38-26-16-21(3)6-9-22(26)4/h6-13,16-18H,5,14-15,19H2,1-4H3,(H,32,34)/b28-18-. The molecular weight excluding hydrogens is 528 g/mol. The number of nitrogens with zero attached hydrogens (tertiary/aromatic N) is 1. The fraction of sp³-hybridized carbons (Fsp3) is 0.258. The van der Waals surface area contributed by atoms with Crippen molar-refractivity contribution in [2.45, 2.75) is 27.7 Å². The first-order valence-electron chi connectivity index (χ1n) is 12.9. The largest absolute Gasteiger partial charge is 0.491 e. The van der Waals surface area contributed by atoms with Gasteiger partial charge in [-0.1, -0.05) is 35.9 Å². The van der Waals surface area contributed by atoms with Gasteiger partial charge >= 0.3 is 0 Å². The second kappa shape index (κ2) is 13.2. The first-order valence-corrected chi connectivity index (χ1v) is 13.8. The van der Waals surface area contributed by atoms with Crippen LogP contribution < -0.4 is 19.5 Å². The molecule has 1 heterocycles. The highest BCUT2D eigenvalue weighted by Gasteiger charge is 2.34. The molecule has 8 nitrogen and oxygen atoms in total. The maximum Gasteiger partial charge on any atom is 0.293 e. The van der Waals surface area contributed by atoms with Crippen molar-refractivity contribution in [2.24, 2.45) is 0 Å². The van der Waals surface area contributed by atoms with Gasteiger partial charge in [0.1, 0.15) is 12.4 Å². The van der Waals surface area contributed by atoms with E-state index in [1.165, 1.54) is 4.90 Å². The molecule has 0 radical (unpaired) electrons. The van der Waals surface area contributed by atoms with Gasteiger partial charge in [0.05, 0.1) is 18.1 Å². The van der Waals surface area contributed by atoms with Gasteiger partial charge < -0.3 is 19.5 Å². The van der Waals surface area contributed by atoms with Crippen molar-refractivity contribution in [3.05, 3.63) is 87.8 Å². The van der Waals surface area contributed by atoms with Crippen LogP contribution in [0, 0.1) is 20.8 Å². The number of aryl methyl sites for hydroxylation is 3. The van der Waals surface area contributed by atoms with E-state index in [1.54, 1.807) is 24.3 Å². The number of carbonyl (C=O) groups excluding carboxylic acids is 3. The molecular formula is C31H32N2O6S. The van der Waals surface area contributed by atoms with Crippen LogP contribution in [0.3, 0.4) is 0 Å². The number of ether oxygens (including phenoxy) is 3. The fourth-order valence-electron chi connectivity index (χ4n) is 3.93. The Bertz CT molecular complexity index is 1430. The molecule has 4 rings (SSSR count).